The fourth-order valence-electron chi connectivity index (χ4n) is 2.09. The highest BCUT2D eigenvalue weighted by Crippen LogP contribution is 2.36. The van der Waals surface area contributed by atoms with Crippen molar-refractivity contribution in [1.82, 2.24) is 5.32 Å². The first-order valence-corrected chi connectivity index (χ1v) is 9.41. The molecule has 2 unspecified atom stereocenters. The minimum absolute atomic E-state index is 0.161. The van der Waals surface area contributed by atoms with Gasteiger partial charge in [0.15, 0.2) is 9.84 Å². The van der Waals surface area contributed by atoms with Gasteiger partial charge in [-0.25, -0.2) is 8.42 Å². The van der Waals surface area contributed by atoms with E-state index in [-0.39, 0.29) is 11.5 Å². The van der Waals surface area contributed by atoms with E-state index in [0.717, 1.165) is 5.56 Å². The molecule has 2 N–H and O–H groups in total. The number of sulfone groups is 1. The van der Waals surface area contributed by atoms with Gasteiger partial charge < -0.3 is 15.2 Å². The third-order valence-electron chi connectivity index (χ3n) is 2.98. The largest absolute Gasteiger partial charge is 0.484 e. The molecule has 0 saturated carbocycles. The van der Waals surface area contributed by atoms with E-state index in [1.54, 1.807) is 0 Å². The van der Waals surface area contributed by atoms with Crippen LogP contribution < -0.4 is 10.1 Å². The highest BCUT2D eigenvalue weighted by molar-refractivity contribution is 9.11. The Bertz CT molecular complexity index is 582. The van der Waals surface area contributed by atoms with Gasteiger partial charge in [0, 0.05) is 6.54 Å². The molecule has 1 heterocycles. The molecule has 1 aliphatic rings. The molecule has 0 aromatic heterocycles. The number of ether oxygens (including phenoxy) is 1. The molecule has 1 aromatic carbocycles. The molecular formula is C12H15Br2NO4S. The van der Waals surface area contributed by atoms with Gasteiger partial charge in [0.1, 0.15) is 18.0 Å². The molecule has 0 radical (unpaired) electrons. The summed E-state index contributed by atoms with van der Waals surface area (Å²) in [7, 11) is -1.37. The highest BCUT2D eigenvalue weighted by atomic mass is 79.9. The van der Waals surface area contributed by atoms with Gasteiger partial charge in [-0.05, 0) is 56.6 Å². The predicted octanol–water partition coefficient (Wildman–Crippen LogP) is 1.47. The lowest BCUT2D eigenvalue weighted by atomic mass is 10.2. The van der Waals surface area contributed by atoms with Gasteiger partial charge in [0.25, 0.3) is 0 Å². The first-order chi connectivity index (χ1) is 9.32. The van der Waals surface area contributed by atoms with Crippen molar-refractivity contribution >= 4 is 41.7 Å². The maximum absolute atomic E-state index is 11.5. The fraction of sp³-hybridized carbons (Fsp3) is 0.500. The van der Waals surface area contributed by atoms with Crippen LogP contribution in [-0.4, -0.2) is 44.3 Å². The molecule has 112 valence electrons. The van der Waals surface area contributed by atoms with E-state index in [1.165, 1.54) is 0 Å². The Morgan fingerprint density at radius 1 is 1.35 bits per heavy atom. The molecule has 0 bridgehead atoms. The van der Waals surface area contributed by atoms with Gasteiger partial charge >= 0.3 is 0 Å². The zero-order valence-electron chi connectivity index (χ0n) is 10.8. The van der Waals surface area contributed by atoms with Crippen LogP contribution in [0.1, 0.15) is 5.56 Å². The second-order valence-electron chi connectivity index (χ2n) is 4.72. The summed E-state index contributed by atoms with van der Waals surface area (Å²) < 4.78 is 30.1. The molecule has 1 aromatic rings. The zero-order chi connectivity index (χ0) is 14.9. The predicted molar refractivity (Wildman–Crippen MR) is 83.7 cm³/mol. The Morgan fingerprint density at radius 3 is 2.40 bits per heavy atom. The maximum atomic E-state index is 11.5. The summed E-state index contributed by atoms with van der Waals surface area (Å²) in [6, 6.07) is 3.79. The van der Waals surface area contributed by atoms with Gasteiger partial charge in [-0.3, -0.25) is 0 Å². The normalized spacial score (nSPS) is 24.8. The van der Waals surface area contributed by atoms with Crippen LogP contribution >= 0.6 is 31.9 Å². The van der Waals surface area contributed by atoms with Gasteiger partial charge in [0.2, 0.25) is 0 Å². The number of aliphatic hydroxyl groups excluding tert-OH is 1. The van der Waals surface area contributed by atoms with Crippen LogP contribution in [0.3, 0.4) is 0 Å². The Hall–Kier alpha value is -0.150. The van der Waals surface area contributed by atoms with Crippen molar-refractivity contribution in [2.75, 3.05) is 18.6 Å². The lowest BCUT2D eigenvalue weighted by molar-refractivity contribution is 0.0727. The Kier molecular flexibility index (Phi) is 5.12. The lowest BCUT2D eigenvalue weighted by Gasteiger charge is -2.18. The van der Waals surface area contributed by atoms with Gasteiger partial charge in [-0.15, -0.1) is 0 Å². The zero-order valence-corrected chi connectivity index (χ0v) is 14.8. The monoisotopic (exact) mass is 427 g/mol. The van der Waals surface area contributed by atoms with Crippen molar-refractivity contribution < 1.29 is 18.3 Å². The summed E-state index contributed by atoms with van der Waals surface area (Å²) in [4.78, 5) is 0. The van der Waals surface area contributed by atoms with Crippen LogP contribution in [0.5, 0.6) is 5.75 Å². The van der Waals surface area contributed by atoms with Crippen LogP contribution in [0.25, 0.3) is 0 Å². The summed E-state index contributed by atoms with van der Waals surface area (Å²) in [5.41, 5.74) is 1.05. The minimum atomic E-state index is -3.22. The quantitative estimate of drug-likeness (QED) is 0.759. The molecule has 2 rings (SSSR count). The van der Waals surface area contributed by atoms with Crippen molar-refractivity contribution in [1.29, 1.82) is 0 Å². The summed E-state index contributed by atoms with van der Waals surface area (Å²) in [6.45, 7) is 0.706. The first-order valence-electron chi connectivity index (χ1n) is 6.00. The van der Waals surface area contributed by atoms with E-state index in [2.05, 4.69) is 37.2 Å². The van der Waals surface area contributed by atoms with Crippen LogP contribution in [0.2, 0.25) is 0 Å². The first kappa shape index (κ1) is 16.2. The smallest absolute Gasteiger partial charge is 0.156 e. The topological polar surface area (TPSA) is 75.6 Å². The molecule has 20 heavy (non-hydrogen) atoms. The van der Waals surface area contributed by atoms with Crippen molar-refractivity contribution in [3.05, 3.63) is 26.6 Å². The number of halogens is 2. The van der Waals surface area contributed by atoms with Crippen LogP contribution in [-0.2, 0) is 16.4 Å². The Morgan fingerprint density at radius 2 is 1.95 bits per heavy atom. The van der Waals surface area contributed by atoms with E-state index < -0.39 is 22.0 Å². The van der Waals surface area contributed by atoms with E-state index in [4.69, 9.17) is 4.74 Å². The minimum Gasteiger partial charge on any atom is -0.484 e. The van der Waals surface area contributed by atoms with Crippen molar-refractivity contribution in [3.8, 4) is 5.75 Å². The second kappa shape index (κ2) is 6.31. The molecule has 1 fully saturated rings. The van der Waals surface area contributed by atoms with E-state index in [1.807, 2.05) is 19.2 Å². The molecule has 8 heteroatoms. The molecular weight excluding hydrogens is 414 g/mol. The number of hydrogen-bond donors (Lipinski definition) is 2. The van der Waals surface area contributed by atoms with Gasteiger partial charge in [-0.2, -0.15) is 0 Å². The summed E-state index contributed by atoms with van der Waals surface area (Å²) in [5.74, 6) is 0.0989. The van der Waals surface area contributed by atoms with Gasteiger partial charge in [-0.1, -0.05) is 0 Å². The van der Waals surface area contributed by atoms with E-state index in [9.17, 15) is 13.5 Å². The molecule has 0 amide bonds. The number of benzene rings is 1. The van der Waals surface area contributed by atoms with Crippen LogP contribution in [0.15, 0.2) is 21.1 Å². The summed E-state index contributed by atoms with van der Waals surface area (Å²) >= 11 is 6.82. The molecule has 1 saturated heterocycles. The summed E-state index contributed by atoms with van der Waals surface area (Å²) in [6.07, 6.45) is -1.72. The van der Waals surface area contributed by atoms with Crippen LogP contribution in [0, 0.1) is 0 Å². The average molecular weight is 429 g/mol. The number of rotatable bonds is 4. The second-order valence-corrected chi connectivity index (χ2v) is 8.58. The molecule has 0 aliphatic carbocycles. The van der Waals surface area contributed by atoms with E-state index in [0.29, 0.717) is 21.2 Å². The standard InChI is InChI=1S/C12H15Br2NO4S/c1-15-4-7-2-8(13)12(9(14)3-7)19-11-6-20(17,18)5-10(11)16/h2-3,10-11,15-16H,4-6H2,1H3. The molecule has 2 atom stereocenters. The molecule has 0 spiro atoms. The number of nitrogens with one attached hydrogen (secondary N) is 1. The molecule has 5 nitrogen and oxygen atoms in total. The summed E-state index contributed by atoms with van der Waals surface area (Å²) in [5, 5.41) is 12.8. The average Bonchev–Trinajstić information content (AvgIpc) is 2.57. The third kappa shape index (κ3) is 3.73. The molecule has 1 aliphatic heterocycles. The SMILES string of the molecule is CNCc1cc(Br)c(OC2CS(=O)(=O)CC2O)c(Br)c1. The van der Waals surface area contributed by atoms with Crippen molar-refractivity contribution in [2.24, 2.45) is 0 Å². The number of hydrogen-bond acceptors (Lipinski definition) is 5. The fourth-order valence-corrected chi connectivity index (χ4v) is 5.22. The van der Waals surface area contributed by atoms with Crippen LogP contribution in [0.4, 0.5) is 0 Å². The maximum Gasteiger partial charge on any atom is 0.156 e. The number of aliphatic hydroxyl groups is 1. The lowest BCUT2D eigenvalue weighted by Crippen LogP contribution is -2.30. The highest BCUT2D eigenvalue weighted by Gasteiger charge is 2.38. The van der Waals surface area contributed by atoms with Crippen molar-refractivity contribution in [3.63, 3.8) is 0 Å². The Balaban J connectivity index is 2.22. The van der Waals surface area contributed by atoms with Crippen molar-refractivity contribution in [2.45, 2.75) is 18.8 Å². The van der Waals surface area contributed by atoms with Gasteiger partial charge in [0.05, 0.1) is 20.5 Å². The third-order valence-corrected chi connectivity index (χ3v) is 5.84. The Labute approximate surface area is 134 Å². The van der Waals surface area contributed by atoms with E-state index >= 15 is 0 Å².